The van der Waals surface area contributed by atoms with Gasteiger partial charge in [-0.2, -0.15) is 0 Å². The summed E-state index contributed by atoms with van der Waals surface area (Å²) in [6, 6.07) is 0. The van der Waals surface area contributed by atoms with Crippen molar-refractivity contribution in [1.82, 2.24) is 18.9 Å². The molecular weight excluding hydrogens is 176 g/mol. The first-order chi connectivity index (χ1) is 5.83. The van der Waals surface area contributed by atoms with E-state index < -0.39 is 0 Å². The minimum atomic E-state index is 0.230. The molecule has 0 spiro atoms. The van der Waals surface area contributed by atoms with Gasteiger partial charge in [-0.05, 0) is 0 Å². The average Bonchev–Trinajstić information content (AvgIpc) is 2.44. The van der Waals surface area contributed by atoms with E-state index in [9.17, 15) is 4.79 Å². The van der Waals surface area contributed by atoms with Crippen molar-refractivity contribution in [2.45, 2.75) is 0 Å². The maximum absolute atomic E-state index is 10.4. The standard InChI is InChI=1S/C6H4N4OS/c11-2-5-9-4-1-7-3-8-6(4)10(5)12/h1-3,12H. The van der Waals surface area contributed by atoms with Crippen LogP contribution in [-0.2, 0) is 0 Å². The van der Waals surface area contributed by atoms with Gasteiger partial charge in [-0.3, -0.25) is 4.79 Å². The zero-order valence-electron chi connectivity index (χ0n) is 5.88. The number of imidazole rings is 1. The van der Waals surface area contributed by atoms with Crippen LogP contribution < -0.4 is 0 Å². The van der Waals surface area contributed by atoms with Crippen LogP contribution in [0.15, 0.2) is 12.5 Å². The van der Waals surface area contributed by atoms with Crippen LogP contribution in [0, 0.1) is 0 Å². The molecule has 5 nitrogen and oxygen atoms in total. The second kappa shape index (κ2) is 2.56. The second-order valence-corrected chi connectivity index (χ2v) is 2.53. The molecule has 0 N–H and O–H groups in total. The SMILES string of the molecule is O=Cc1nc2cncnc2n1S. The Morgan fingerprint density at radius 1 is 1.58 bits per heavy atom. The van der Waals surface area contributed by atoms with Gasteiger partial charge in [-0.25, -0.2) is 18.9 Å². The highest BCUT2D eigenvalue weighted by Gasteiger charge is 2.07. The predicted molar refractivity (Wildman–Crippen MR) is 45.1 cm³/mol. The van der Waals surface area contributed by atoms with Crippen LogP contribution >= 0.6 is 12.8 Å². The fraction of sp³-hybridized carbons (Fsp3) is 0. The minimum absolute atomic E-state index is 0.230. The molecule has 2 aromatic heterocycles. The lowest BCUT2D eigenvalue weighted by molar-refractivity contribution is 0.111. The van der Waals surface area contributed by atoms with E-state index in [1.807, 2.05) is 0 Å². The summed E-state index contributed by atoms with van der Waals surface area (Å²) in [7, 11) is 0. The molecule has 0 atom stereocenters. The number of rotatable bonds is 1. The number of thiol groups is 1. The van der Waals surface area contributed by atoms with E-state index in [0.29, 0.717) is 17.5 Å². The average molecular weight is 180 g/mol. The van der Waals surface area contributed by atoms with Crippen LogP contribution in [0.25, 0.3) is 11.2 Å². The highest BCUT2D eigenvalue weighted by atomic mass is 32.1. The minimum Gasteiger partial charge on any atom is -0.294 e. The van der Waals surface area contributed by atoms with Gasteiger partial charge in [-0.15, -0.1) is 0 Å². The molecule has 0 unspecified atom stereocenters. The number of fused-ring (bicyclic) bond motifs is 1. The molecule has 2 heterocycles. The maximum atomic E-state index is 10.4. The van der Waals surface area contributed by atoms with E-state index >= 15 is 0 Å². The molecule has 0 aromatic carbocycles. The van der Waals surface area contributed by atoms with Gasteiger partial charge in [-0.1, -0.05) is 12.8 Å². The van der Waals surface area contributed by atoms with Crippen molar-refractivity contribution in [2.75, 3.05) is 0 Å². The van der Waals surface area contributed by atoms with Gasteiger partial charge in [0.2, 0.25) is 0 Å². The lowest BCUT2D eigenvalue weighted by Gasteiger charge is -1.89. The zero-order valence-corrected chi connectivity index (χ0v) is 6.77. The van der Waals surface area contributed by atoms with Crippen LogP contribution in [0.2, 0.25) is 0 Å². The Morgan fingerprint density at radius 3 is 3.08 bits per heavy atom. The summed E-state index contributed by atoms with van der Waals surface area (Å²) >= 11 is 4.03. The maximum Gasteiger partial charge on any atom is 0.186 e. The summed E-state index contributed by atoms with van der Waals surface area (Å²) in [5, 5.41) is 0. The molecular formula is C6H4N4OS. The molecule has 2 aromatic rings. The van der Waals surface area contributed by atoms with E-state index in [1.165, 1.54) is 16.5 Å². The Kier molecular flexibility index (Phi) is 1.54. The number of carbonyl (C=O) groups is 1. The number of carbonyl (C=O) groups excluding carboxylic acids is 1. The molecule has 0 bridgehead atoms. The van der Waals surface area contributed by atoms with Gasteiger partial charge in [0.1, 0.15) is 11.8 Å². The molecule has 0 radical (unpaired) electrons. The first kappa shape index (κ1) is 7.23. The van der Waals surface area contributed by atoms with Gasteiger partial charge < -0.3 is 0 Å². The van der Waals surface area contributed by atoms with Crippen molar-refractivity contribution in [3.8, 4) is 0 Å². The smallest absolute Gasteiger partial charge is 0.186 e. The van der Waals surface area contributed by atoms with Gasteiger partial charge in [0.05, 0.1) is 6.20 Å². The van der Waals surface area contributed by atoms with E-state index in [2.05, 4.69) is 27.8 Å². The Bertz CT molecular complexity index is 438. The summed E-state index contributed by atoms with van der Waals surface area (Å²) in [5.41, 5.74) is 1.10. The van der Waals surface area contributed by atoms with E-state index in [-0.39, 0.29) is 5.82 Å². The number of aromatic nitrogens is 4. The first-order valence-corrected chi connectivity index (χ1v) is 3.56. The number of hydrogen-bond acceptors (Lipinski definition) is 5. The molecule has 0 aliphatic heterocycles. The molecule has 0 aliphatic carbocycles. The largest absolute Gasteiger partial charge is 0.294 e. The van der Waals surface area contributed by atoms with Gasteiger partial charge in [0.15, 0.2) is 17.8 Å². The predicted octanol–water partition coefficient (Wildman–Crippen LogP) is 0.332. The van der Waals surface area contributed by atoms with Crippen LogP contribution in [0.5, 0.6) is 0 Å². The normalized spacial score (nSPS) is 10.4. The van der Waals surface area contributed by atoms with Crippen molar-refractivity contribution in [3.63, 3.8) is 0 Å². The summed E-state index contributed by atoms with van der Waals surface area (Å²) in [4.78, 5) is 22.0. The van der Waals surface area contributed by atoms with E-state index in [4.69, 9.17) is 0 Å². The fourth-order valence-corrected chi connectivity index (χ4v) is 1.16. The topological polar surface area (TPSA) is 60.7 Å². The molecule has 0 fully saturated rings. The summed E-state index contributed by atoms with van der Waals surface area (Å²) in [6.07, 6.45) is 3.53. The Morgan fingerprint density at radius 2 is 2.42 bits per heavy atom. The lowest BCUT2D eigenvalue weighted by atomic mass is 10.6. The summed E-state index contributed by atoms with van der Waals surface area (Å²) in [6.45, 7) is 0. The van der Waals surface area contributed by atoms with Gasteiger partial charge in [0, 0.05) is 0 Å². The Labute approximate surface area is 73.0 Å². The molecule has 0 saturated carbocycles. The molecule has 12 heavy (non-hydrogen) atoms. The summed E-state index contributed by atoms with van der Waals surface area (Å²) < 4.78 is 1.32. The van der Waals surface area contributed by atoms with Crippen molar-refractivity contribution >= 4 is 30.3 Å². The van der Waals surface area contributed by atoms with Crippen molar-refractivity contribution in [2.24, 2.45) is 0 Å². The van der Waals surface area contributed by atoms with Crippen molar-refractivity contribution in [3.05, 3.63) is 18.3 Å². The quantitative estimate of drug-likeness (QED) is 0.507. The summed E-state index contributed by atoms with van der Waals surface area (Å²) in [5.74, 6) is 0.230. The Hall–Kier alpha value is -1.43. The molecule has 0 saturated heterocycles. The van der Waals surface area contributed by atoms with Crippen LogP contribution in [0.3, 0.4) is 0 Å². The third-order valence-corrected chi connectivity index (χ3v) is 1.83. The number of nitrogens with zero attached hydrogens (tertiary/aromatic N) is 4. The van der Waals surface area contributed by atoms with E-state index in [1.54, 1.807) is 0 Å². The monoisotopic (exact) mass is 180 g/mol. The zero-order chi connectivity index (χ0) is 8.55. The highest BCUT2D eigenvalue weighted by Crippen LogP contribution is 2.11. The van der Waals surface area contributed by atoms with Gasteiger partial charge >= 0.3 is 0 Å². The molecule has 6 heteroatoms. The van der Waals surface area contributed by atoms with Crippen molar-refractivity contribution in [1.29, 1.82) is 0 Å². The lowest BCUT2D eigenvalue weighted by Crippen LogP contribution is -1.90. The van der Waals surface area contributed by atoms with Gasteiger partial charge in [0.25, 0.3) is 0 Å². The molecule has 2 rings (SSSR count). The molecule has 60 valence electrons. The number of hydrogen-bond donors (Lipinski definition) is 1. The highest BCUT2D eigenvalue weighted by molar-refractivity contribution is 7.78. The fourth-order valence-electron chi connectivity index (χ4n) is 0.913. The van der Waals surface area contributed by atoms with Crippen LogP contribution in [-0.4, -0.2) is 25.2 Å². The first-order valence-electron chi connectivity index (χ1n) is 3.16. The van der Waals surface area contributed by atoms with E-state index in [0.717, 1.165) is 0 Å². The molecule has 0 amide bonds. The third kappa shape index (κ3) is 0.884. The van der Waals surface area contributed by atoms with Crippen LogP contribution in [0.1, 0.15) is 10.6 Å². The second-order valence-electron chi connectivity index (χ2n) is 2.13. The van der Waals surface area contributed by atoms with Crippen LogP contribution in [0.4, 0.5) is 0 Å². The van der Waals surface area contributed by atoms with Crippen molar-refractivity contribution < 1.29 is 4.79 Å². The Balaban J connectivity index is 2.87. The molecule has 0 aliphatic rings. The third-order valence-electron chi connectivity index (χ3n) is 1.43. The number of aldehydes is 1.